The van der Waals surface area contributed by atoms with Crippen molar-refractivity contribution in [3.8, 4) is 11.5 Å². The summed E-state index contributed by atoms with van der Waals surface area (Å²) < 4.78 is 10.6. The molecule has 2 aromatic carbocycles. The topological polar surface area (TPSA) is 64.0 Å². The fourth-order valence-corrected chi connectivity index (χ4v) is 3.83. The molecule has 0 aliphatic carbocycles. The van der Waals surface area contributed by atoms with Crippen molar-refractivity contribution in [3.63, 3.8) is 0 Å². The summed E-state index contributed by atoms with van der Waals surface area (Å²) in [7, 11) is 3.22. The summed E-state index contributed by atoms with van der Waals surface area (Å²) in [6, 6.07) is 14.9. The zero-order chi connectivity index (χ0) is 20.5. The summed E-state index contributed by atoms with van der Waals surface area (Å²) in [6.07, 6.45) is 0.544. The van der Waals surface area contributed by atoms with Crippen molar-refractivity contribution in [1.82, 2.24) is 9.99 Å². The Morgan fingerprint density at radius 2 is 1.90 bits per heavy atom. The van der Waals surface area contributed by atoms with Crippen LogP contribution in [0.5, 0.6) is 11.5 Å². The van der Waals surface area contributed by atoms with E-state index in [0.717, 1.165) is 28.0 Å². The van der Waals surface area contributed by atoms with Crippen molar-refractivity contribution in [3.05, 3.63) is 64.8 Å². The van der Waals surface area contributed by atoms with Gasteiger partial charge >= 0.3 is 0 Å². The van der Waals surface area contributed by atoms with Crippen molar-refractivity contribution in [1.29, 1.82) is 0 Å². The van der Waals surface area contributed by atoms with Crippen LogP contribution >= 0.6 is 11.6 Å². The fraction of sp³-hybridized carbons (Fsp3) is 0.227. The Kier molecular flexibility index (Phi) is 5.11. The van der Waals surface area contributed by atoms with Crippen LogP contribution in [0, 0.1) is 0 Å². The molecule has 1 aliphatic heterocycles. The molecule has 29 heavy (non-hydrogen) atoms. The van der Waals surface area contributed by atoms with Crippen molar-refractivity contribution >= 4 is 34.1 Å². The maximum Gasteiger partial charge on any atom is 0.240 e. The molecule has 1 atom stereocenters. The average molecular weight is 410 g/mol. The molecule has 0 radical (unpaired) electrons. The number of para-hydroxylation sites is 1. The van der Waals surface area contributed by atoms with E-state index in [1.54, 1.807) is 14.2 Å². The van der Waals surface area contributed by atoms with Gasteiger partial charge in [0, 0.05) is 24.3 Å². The lowest BCUT2D eigenvalue weighted by Gasteiger charge is -2.21. The predicted molar refractivity (Wildman–Crippen MR) is 113 cm³/mol. The molecule has 148 valence electrons. The Morgan fingerprint density at radius 1 is 1.14 bits per heavy atom. The molecule has 0 bridgehead atoms. The smallest absolute Gasteiger partial charge is 0.240 e. The average Bonchev–Trinajstić information content (AvgIpc) is 3.18. The van der Waals surface area contributed by atoms with E-state index >= 15 is 0 Å². The number of benzene rings is 2. The quantitative estimate of drug-likeness (QED) is 0.590. The Morgan fingerprint density at radius 3 is 2.55 bits per heavy atom. The number of hydrazone groups is 1. The maximum atomic E-state index is 12.3. The summed E-state index contributed by atoms with van der Waals surface area (Å²) in [4.78, 5) is 16.8. The summed E-state index contributed by atoms with van der Waals surface area (Å²) in [5, 5.41) is 7.29. The van der Waals surface area contributed by atoms with Crippen LogP contribution in [-0.2, 0) is 4.79 Å². The minimum Gasteiger partial charge on any atom is -0.497 e. The van der Waals surface area contributed by atoms with E-state index in [-0.39, 0.29) is 11.9 Å². The van der Waals surface area contributed by atoms with Gasteiger partial charge < -0.3 is 9.47 Å². The summed E-state index contributed by atoms with van der Waals surface area (Å²) in [5.74, 6) is 1.27. The molecule has 1 unspecified atom stereocenters. The van der Waals surface area contributed by atoms with Crippen LogP contribution in [0.15, 0.2) is 53.6 Å². The van der Waals surface area contributed by atoms with Crippen LogP contribution in [-0.4, -0.2) is 35.8 Å². The third-order valence-corrected chi connectivity index (χ3v) is 5.33. The molecule has 1 amide bonds. The van der Waals surface area contributed by atoms with Crippen LogP contribution in [0.4, 0.5) is 0 Å². The minimum absolute atomic E-state index is 0.152. The van der Waals surface area contributed by atoms with Gasteiger partial charge in [-0.25, -0.2) is 9.99 Å². The number of methoxy groups -OCH3 is 2. The number of hydrogen-bond acceptors (Lipinski definition) is 5. The molecule has 0 fully saturated rings. The normalized spacial score (nSPS) is 16.1. The molecular formula is C22H20ClN3O3. The third kappa shape index (κ3) is 3.51. The van der Waals surface area contributed by atoms with Crippen molar-refractivity contribution in [2.24, 2.45) is 5.10 Å². The van der Waals surface area contributed by atoms with E-state index in [1.807, 2.05) is 48.5 Å². The molecule has 6 nitrogen and oxygen atoms in total. The monoisotopic (exact) mass is 409 g/mol. The number of hydrogen-bond donors (Lipinski definition) is 0. The highest BCUT2D eigenvalue weighted by Gasteiger charge is 2.33. The fourth-order valence-electron chi connectivity index (χ4n) is 3.56. The van der Waals surface area contributed by atoms with Crippen molar-refractivity contribution < 1.29 is 14.3 Å². The second-order valence-electron chi connectivity index (χ2n) is 6.76. The van der Waals surface area contributed by atoms with Gasteiger partial charge in [-0.1, -0.05) is 23.7 Å². The number of ether oxygens (including phenoxy) is 2. The molecule has 4 rings (SSSR count). The van der Waals surface area contributed by atoms with Crippen LogP contribution in [0.25, 0.3) is 10.9 Å². The third-order valence-electron chi connectivity index (χ3n) is 5.02. The zero-order valence-electron chi connectivity index (χ0n) is 16.3. The van der Waals surface area contributed by atoms with Gasteiger partial charge in [0.05, 0.1) is 26.0 Å². The standard InChI is InChI=1S/C22H20ClN3O3/c1-13(27)26-19(12-18(25-26)14-7-9-16(28-2)10-8-14)17-11-15-5-4-6-20(29-3)21(15)24-22(17)23/h4-11,19H,12H2,1-3H3. The van der Waals surface area contributed by atoms with Gasteiger partial charge in [-0.15, -0.1) is 0 Å². The largest absolute Gasteiger partial charge is 0.497 e. The Hall–Kier alpha value is -3.12. The van der Waals surface area contributed by atoms with Gasteiger partial charge in [-0.2, -0.15) is 5.10 Å². The second kappa shape index (κ2) is 7.72. The zero-order valence-corrected chi connectivity index (χ0v) is 17.1. The van der Waals surface area contributed by atoms with E-state index in [1.165, 1.54) is 11.9 Å². The molecule has 0 saturated heterocycles. The highest BCUT2D eigenvalue weighted by molar-refractivity contribution is 6.30. The lowest BCUT2D eigenvalue weighted by Crippen LogP contribution is -2.24. The number of carbonyl (C=O) groups excluding carboxylic acids is 1. The van der Waals surface area contributed by atoms with E-state index in [4.69, 9.17) is 21.1 Å². The SMILES string of the molecule is COc1ccc(C2=NN(C(C)=O)C(c3cc4cccc(OC)c4nc3Cl)C2)cc1. The van der Waals surface area contributed by atoms with E-state index in [2.05, 4.69) is 10.1 Å². The summed E-state index contributed by atoms with van der Waals surface area (Å²) in [5.41, 5.74) is 3.20. The van der Waals surface area contributed by atoms with Crippen LogP contribution < -0.4 is 9.47 Å². The first kappa shape index (κ1) is 19.2. The van der Waals surface area contributed by atoms with Crippen LogP contribution in [0.1, 0.15) is 30.5 Å². The molecule has 0 spiro atoms. The Labute approximate surface area is 173 Å². The molecule has 3 aromatic rings. The number of amides is 1. The van der Waals surface area contributed by atoms with Gasteiger partial charge in [0.1, 0.15) is 22.2 Å². The number of nitrogens with zero attached hydrogens (tertiary/aromatic N) is 3. The predicted octanol–water partition coefficient (Wildman–Crippen LogP) is 4.60. The van der Waals surface area contributed by atoms with Gasteiger partial charge in [-0.3, -0.25) is 4.79 Å². The van der Waals surface area contributed by atoms with E-state index in [0.29, 0.717) is 22.8 Å². The molecule has 1 aromatic heterocycles. The highest BCUT2D eigenvalue weighted by Crippen LogP contribution is 2.38. The van der Waals surface area contributed by atoms with Gasteiger partial charge in [0.2, 0.25) is 5.91 Å². The summed E-state index contributed by atoms with van der Waals surface area (Å²) >= 11 is 6.54. The molecule has 0 N–H and O–H groups in total. The molecule has 2 heterocycles. The number of carbonyl (C=O) groups is 1. The molecular weight excluding hydrogens is 390 g/mol. The number of aromatic nitrogens is 1. The number of fused-ring (bicyclic) bond motifs is 1. The lowest BCUT2D eigenvalue weighted by molar-refractivity contribution is -0.130. The van der Waals surface area contributed by atoms with Crippen molar-refractivity contribution in [2.45, 2.75) is 19.4 Å². The van der Waals surface area contributed by atoms with Crippen LogP contribution in [0.2, 0.25) is 5.15 Å². The summed E-state index contributed by atoms with van der Waals surface area (Å²) in [6.45, 7) is 1.50. The van der Waals surface area contributed by atoms with E-state index in [9.17, 15) is 4.79 Å². The number of halogens is 1. The Bertz CT molecular complexity index is 1110. The minimum atomic E-state index is -0.319. The number of rotatable bonds is 4. The highest BCUT2D eigenvalue weighted by atomic mass is 35.5. The Balaban J connectivity index is 1.74. The number of pyridine rings is 1. The van der Waals surface area contributed by atoms with Gasteiger partial charge in [0.25, 0.3) is 0 Å². The van der Waals surface area contributed by atoms with Gasteiger partial charge in [0.15, 0.2) is 0 Å². The molecule has 7 heteroatoms. The van der Waals surface area contributed by atoms with Gasteiger partial charge in [-0.05, 0) is 42.0 Å². The van der Waals surface area contributed by atoms with E-state index < -0.39 is 0 Å². The first-order valence-corrected chi connectivity index (χ1v) is 9.54. The first-order chi connectivity index (χ1) is 14.0. The maximum absolute atomic E-state index is 12.3. The van der Waals surface area contributed by atoms with Crippen molar-refractivity contribution in [2.75, 3.05) is 14.2 Å². The molecule has 0 saturated carbocycles. The van der Waals surface area contributed by atoms with Crippen LogP contribution in [0.3, 0.4) is 0 Å². The second-order valence-corrected chi connectivity index (χ2v) is 7.12. The lowest BCUT2D eigenvalue weighted by atomic mass is 9.98. The first-order valence-electron chi connectivity index (χ1n) is 9.16. The molecule has 1 aliphatic rings.